The van der Waals surface area contributed by atoms with Crippen molar-refractivity contribution < 1.29 is 22.4 Å². The van der Waals surface area contributed by atoms with E-state index >= 15 is 0 Å². The molecule has 1 amide bonds. The van der Waals surface area contributed by atoms with Crippen LogP contribution in [0.15, 0.2) is 49.2 Å². The van der Waals surface area contributed by atoms with E-state index in [2.05, 4.69) is 15.1 Å². The molecule has 0 atom stereocenters. The smallest absolute Gasteiger partial charge is 0.354 e. The normalized spacial score (nSPS) is 17.1. The minimum absolute atomic E-state index is 0.0243. The summed E-state index contributed by atoms with van der Waals surface area (Å²) < 4.78 is 54.4. The van der Waals surface area contributed by atoms with Crippen molar-refractivity contribution in [1.29, 1.82) is 0 Å². The largest absolute Gasteiger partial charge is 0.417 e. The first-order chi connectivity index (χ1) is 16.3. The summed E-state index contributed by atoms with van der Waals surface area (Å²) in [5.74, 6) is -1.12. The Morgan fingerprint density at radius 2 is 1.71 bits per heavy atom. The lowest BCUT2D eigenvalue weighted by atomic mass is 10.0. The number of rotatable bonds is 5. The molecule has 2 aliphatic rings. The first-order valence-corrected chi connectivity index (χ1v) is 11.1. The summed E-state index contributed by atoms with van der Waals surface area (Å²) in [7, 11) is 0. The number of anilines is 1. The van der Waals surface area contributed by atoms with Crippen molar-refractivity contribution in [3.05, 3.63) is 66.1 Å². The molecule has 3 heterocycles. The first kappa shape index (κ1) is 22.3. The minimum atomic E-state index is -4.64. The molecule has 1 aliphatic heterocycles. The molecule has 7 nitrogen and oxygen atoms in total. The molecule has 1 saturated heterocycles. The Hall–Kier alpha value is -3.50. The fraction of sp³-hybridized carbons (Fsp3) is 0.391. The number of aromatic nitrogens is 4. The van der Waals surface area contributed by atoms with E-state index in [0.29, 0.717) is 43.8 Å². The number of nitrogens with zero attached hydrogens (tertiary/aromatic N) is 6. The zero-order valence-corrected chi connectivity index (χ0v) is 18.1. The molecule has 178 valence electrons. The maximum absolute atomic E-state index is 14.4. The summed E-state index contributed by atoms with van der Waals surface area (Å²) in [6.07, 6.45) is 2.09. The minimum Gasteiger partial charge on any atom is -0.354 e. The van der Waals surface area contributed by atoms with Gasteiger partial charge in [0.15, 0.2) is 11.6 Å². The van der Waals surface area contributed by atoms with Gasteiger partial charge in [0, 0.05) is 36.9 Å². The molecule has 0 unspecified atom stereocenters. The lowest BCUT2D eigenvalue weighted by Crippen LogP contribution is -2.48. The van der Waals surface area contributed by atoms with Gasteiger partial charge in [-0.3, -0.25) is 4.79 Å². The van der Waals surface area contributed by atoms with E-state index in [1.165, 1.54) is 6.33 Å². The average molecular weight is 474 g/mol. The van der Waals surface area contributed by atoms with E-state index < -0.39 is 17.6 Å². The standard InChI is InChI=1S/C23H22F4N6O/c24-20-11-16(23(25,26)27)12-29-21(20)31-9-7-19(8-10-31)33(18-5-6-18)22(34)15-1-3-17(4-2-15)32-14-28-13-30-32/h1-4,11-14,18-19H,5-10H2. The third-order valence-electron chi connectivity index (χ3n) is 6.28. The van der Waals surface area contributed by atoms with Crippen LogP contribution in [0.1, 0.15) is 41.6 Å². The van der Waals surface area contributed by atoms with Crippen LogP contribution in [0.2, 0.25) is 0 Å². The van der Waals surface area contributed by atoms with Crippen LogP contribution in [0, 0.1) is 5.82 Å². The Bertz CT molecular complexity index is 1150. The molecule has 1 aromatic carbocycles. The predicted molar refractivity (Wildman–Crippen MR) is 115 cm³/mol. The highest BCUT2D eigenvalue weighted by atomic mass is 19.4. The lowest BCUT2D eigenvalue weighted by molar-refractivity contribution is -0.138. The molecule has 1 aliphatic carbocycles. The quantitative estimate of drug-likeness (QED) is 0.521. The number of hydrogen-bond donors (Lipinski definition) is 0. The number of hydrogen-bond acceptors (Lipinski definition) is 5. The van der Waals surface area contributed by atoms with Crippen molar-refractivity contribution in [3.63, 3.8) is 0 Å². The van der Waals surface area contributed by atoms with Gasteiger partial charge in [-0.25, -0.2) is 19.0 Å². The molecular weight excluding hydrogens is 452 g/mol. The number of carbonyl (C=O) groups excluding carboxylic acids is 1. The Kier molecular flexibility index (Phi) is 5.70. The molecule has 2 fully saturated rings. The van der Waals surface area contributed by atoms with Crippen LogP contribution in [0.4, 0.5) is 23.4 Å². The van der Waals surface area contributed by atoms with Gasteiger partial charge in [-0.1, -0.05) is 0 Å². The van der Waals surface area contributed by atoms with E-state index in [1.807, 2.05) is 17.0 Å². The van der Waals surface area contributed by atoms with Crippen molar-refractivity contribution >= 4 is 11.7 Å². The van der Waals surface area contributed by atoms with Gasteiger partial charge < -0.3 is 9.80 Å². The first-order valence-electron chi connectivity index (χ1n) is 11.1. The molecule has 11 heteroatoms. The number of benzene rings is 1. The second-order valence-corrected chi connectivity index (χ2v) is 8.58. The Morgan fingerprint density at radius 3 is 2.26 bits per heavy atom. The van der Waals surface area contributed by atoms with Crippen molar-refractivity contribution in [2.45, 2.75) is 43.9 Å². The van der Waals surface area contributed by atoms with Crippen molar-refractivity contribution in [2.75, 3.05) is 18.0 Å². The van der Waals surface area contributed by atoms with Gasteiger partial charge in [-0.05, 0) is 56.0 Å². The van der Waals surface area contributed by atoms with Crippen LogP contribution in [-0.2, 0) is 6.18 Å². The molecule has 0 N–H and O–H groups in total. The van der Waals surface area contributed by atoms with E-state index in [-0.39, 0.29) is 23.8 Å². The van der Waals surface area contributed by atoms with Gasteiger partial charge >= 0.3 is 6.18 Å². The topological polar surface area (TPSA) is 67.2 Å². The van der Waals surface area contributed by atoms with E-state index in [1.54, 1.807) is 28.0 Å². The highest BCUT2D eigenvalue weighted by Crippen LogP contribution is 2.35. The van der Waals surface area contributed by atoms with E-state index in [4.69, 9.17) is 0 Å². The average Bonchev–Trinajstić information content (AvgIpc) is 3.50. The number of halogens is 4. The van der Waals surface area contributed by atoms with Gasteiger partial charge in [-0.2, -0.15) is 18.3 Å². The van der Waals surface area contributed by atoms with E-state index in [0.717, 1.165) is 18.5 Å². The molecule has 2 aromatic heterocycles. The molecule has 5 rings (SSSR count). The second-order valence-electron chi connectivity index (χ2n) is 8.58. The van der Waals surface area contributed by atoms with Crippen LogP contribution in [0.25, 0.3) is 5.69 Å². The molecule has 34 heavy (non-hydrogen) atoms. The maximum atomic E-state index is 14.4. The summed E-state index contributed by atoms with van der Waals surface area (Å²) in [4.78, 5) is 24.6. The van der Waals surface area contributed by atoms with Crippen LogP contribution in [-0.4, -0.2) is 55.7 Å². The Balaban J connectivity index is 1.27. The van der Waals surface area contributed by atoms with Gasteiger partial charge in [0.25, 0.3) is 5.91 Å². The van der Waals surface area contributed by atoms with Crippen molar-refractivity contribution in [1.82, 2.24) is 24.6 Å². The summed E-state index contributed by atoms with van der Waals surface area (Å²) >= 11 is 0. The monoisotopic (exact) mass is 474 g/mol. The van der Waals surface area contributed by atoms with E-state index in [9.17, 15) is 22.4 Å². The SMILES string of the molecule is O=C(c1ccc(-n2cncn2)cc1)N(C1CC1)C1CCN(c2ncc(C(F)(F)F)cc2F)CC1. The second kappa shape index (κ2) is 8.69. The zero-order valence-electron chi connectivity index (χ0n) is 18.1. The Labute approximate surface area is 193 Å². The number of amides is 1. The highest BCUT2D eigenvalue weighted by Gasteiger charge is 2.39. The third-order valence-corrected chi connectivity index (χ3v) is 6.28. The fourth-order valence-corrected chi connectivity index (χ4v) is 4.40. The van der Waals surface area contributed by atoms with Crippen molar-refractivity contribution in [3.8, 4) is 5.69 Å². The van der Waals surface area contributed by atoms with Gasteiger partial charge in [-0.15, -0.1) is 0 Å². The number of pyridine rings is 1. The number of alkyl halides is 3. The predicted octanol–water partition coefficient (Wildman–Crippen LogP) is 4.09. The van der Waals surface area contributed by atoms with Crippen LogP contribution < -0.4 is 4.90 Å². The van der Waals surface area contributed by atoms with Gasteiger partial charge in [0.1, 0.15) is 12.7 Å². The van der Waals surface area contributed by atoms with Crippen LogP contribution in [0.5, 0.6) is 0 Å². The molecule has 0 bridgehead atoms. The molecular formula is C23H22F4N6O. The summed E-state index contributed by atoms with van der Waals surface area (Å²) in [5.41, 5.74) is 0.268. The summed E-state index contributed by atoms with van der Waals surface area (Å²) in [6.45, 7) is 0.809. The summed E-state index contributed by atoms with van der Waals surface area (Å²) in [6, 6.07) is 7.81. The van der Waals surface area contributed by atoms with Gasteiger partial charge in [0.05, 0.1) is 11.3 Å². The molecule has 3 aromatic rings. The van der Waals surface area contributed by atoms with Crippen molar-refractivity contribution in [2.24, 2.45) is 0 Å². The third kappa shape index (κ3) is 4.46. The molecule has 1 saturated carbocycles. The number of carbonyl (C=O) groups is 1. The summed E-state index contributed by atoms with van der Waals surface area (Å²) in [5, 5.41) is 4.08. The fourth-order valence-electron chi connectivity index (χ4n) is 4.40. The van der Waals surface area contributed by atoms with Gasteiger partial charge in [0.2, 0.25) is 0 Å². The van der Waals surface area contributed by atoms with Crippen LogP contribution >= 0.6 is 0 Å². The molecule has 0 radical (unpaired) electrons. The maximum Gasteiger partial charge on any atom is 0.417 e. The molecule has 0 spiro atoms. The zero-order chi connectivity index (χ0) is 23.9. The number of piperidine rings is 1. The highest BCUT2D eigenvalue weighted by molar-refractivity contribution is 5.95. The lowest BCUT2D eigenvalue weighted by Gasteiger charge is -2.39. The van der Waals surface area contributed by atoms with Crippen LogP contribution in [0.3, 0.4) is 0 Å². The Morgan fingerprint density at radius 1 is 1.03 bits per heavy atom.